The van der Waals surface area contributed by atoms with Crippen LogP contribution in [-0.2, 0) is 16.6 Å². The van der Waals surface area contributed by atoms with E-state index < -0.39 is 0 Å². The second-order valence-electron chi connectivity index (χ2n) is 8.53. The first-order valence-electron chi connectivity index (χ1n) is 10.4. The maximum atomic E-state index is 12.5. The van der Waals surface area contributed by atoms with Crippen molar-refractivity contribution in [3.8, 4) is 0 Å². The molecule has 0 aromatic heterocycles. The summed E-state index contributed by atoms with van der Waals surface area (Å²) in [6.07, 6.45) is 0.293. The van der Waals surface area contributed by atoms with E-state index in [0.29, 0.717) is 23.4 Å². The summed E-state index contributed by atoms with van der Waals surface area (Å²) in [5.41, 5.74) is 3.95. The number of rotatable bonds is 5. The number of nitrogens with one attached hydrogen (secondary N) is 3. The number of hydrogen-bond donors (Lipinski definition) is 3. The smallest absolute Gasteiger partial charge is 0.257 e. The van der Waals surface area contributed by atoms with Crippen molar-refractivity contribution in [1.82, 2.24) is 5.32 Å². The van der Waals surface area contributed by atoms with E-state index in [0.717, 1.165) is 11.1 Å². The average Bonchev–Trinajstić information content (AvgIpc) is 2.74. The molecule has 0 heterocycles. The molecule has 0 atom stereocenters. The molecule has 0 radical (unpaired) electrons. The molecule has 3 rings (SSSR count). The lowest BCUT2D eigenvalue weighted by Gasteiger charge is -2.19. The maximum Gasteiger partial charge on any atom is 0.257 e. The molecule has 32 heavy (non-hydrogen) atoms. The van der Waals surface area contributed by atoms with Crippen molar-refractivity contribution in [2.45, 2.75) is 32.6 Å². The Kier molecular flexibility index (Phi) is 7.38. The Morgan fingerprint density at radius 3 is 2.06 bits per heavy atom. The fraction of sp³-hybridized carbons (Fsp3) is 0.192. The molecule has 0 aliphatic heterocycles. The summed E-state index contributed by atoms with van der Waals surface area (Å²) in [5.74, 6) is -0.391. The average molecular weight is 446 g/mol. The van der Waals surface area contributed by atoms with E-state index in [4.69, 9.17) is 12.2 Å². The van der Waals surface area contributed by atoms with Crippen LogP contribution < -0.4 is 16.0 Å². The molecule has 164 valence electrons. The van der Waals surface area contributed by atoms with Crippen LogP contribution in [0.25, 0.3) is 0 Å². The van der Waals surface area contributed by atoms with Crippen molar-refractivity contribution < 1.29 is 9.59 Å². The van der Waals surface area contributed by atoms with Gasteiger partial charge >= 0.3 is 0 Å². The van der Waals surface area contributed by atoms with Crippen LogP contribution in [0.5, 0.6) is 0 Å². The highest BCUT2D eigenvalue weighted by atomic mass is 32.1. The van der Waals surface area contributed by atoms with Crippen LogP contribution in [-0.4, -0.2) is 16.9 Å². The molecule has 5 nitrogen and oxygen atoms in total. The van der Waals surface area contributed by atoms with Gasteiger partial charge in [-0.1, -0.05) is 69.3 Å². The SMILES string of the molecule is CC(C)(C)c1ccc(C(=O)NC(=S)Nc2cccc(NC(=O)Cc3ccccc3)c2)cc1. The summed E-state index contributed by atoms with van der Waals surface area (Å²) >= 11 is 5.28. The highest BCUT2D eigenvalue weighted by Crippen LogP contribution is 2.22. The van der Waals surface area contributed by atoms with Gasteiger partial charge in [-0.2, -0.15) is 0 Å². The number of thiocarbonyl (C=S) groups is 1. The summed E-state index contributed by atoms with van der Waals surface area (Å²) in [6.45, 7) is 6.37. The van der Waals surface area contributed by atoms with E-state index in [1.54, 1.807) is 30.3 Å². The first-order valence-corrected chi connectivity index (χ1v) is 10.8. The summed E-state index contributed by atoms with van der Waals surface area (Å²) in [5, 5.41) is 8.74. The minimum atomic E-state index is -0.282. The molecule has 0 aliphatic rings. The molecule has 0 bridgehead atoms. The lowest BCUT2D eigenvalue weighted by Crippen LogP contribution is -2.34. The van der Waals surface area contributed by atoms with Crippen molar-refractivity contribution in [2.24, 2.45) is 0 Å². The lowest BCUT2D eigenvalue weighted by atomic mass is 9.87. The zero-order valence-electron chi connectivity index (χ0n) is 18.4. The third-order valence-corrected chi connectivity index (χ3v) is 5.06. The van der Waals surface area contributed by atoms with Gasteiger partial charge in [0, 0.05) is 16.9 Å². The topological polar surface area (TPSA) is 70.2 Å². The van der Waals surface area contributed by atoms with Crippen LogP contribution in [0.3, 0.4) is 0 Å². The third-order valence-electron chi connectivity index (χ3n) is 4.85. The Balaban J connectivity index is 1.56. The van der Waals surface area contributed by atoms with Crippen molar-refractivity contribution in [1.29, 1.82) is 0 Å². The van der Waals surface area contributed by atoms with Gasteiger partial charge < -0.3 is 10.6 Å². The van der Waals surface area contributed by atoms with Crippen LogP contribution in [0.2, 0.25) is 0 Å². The highest BCUT2D eigenvalue weighted by Gasteiger charge is 2.15. The zero-order valence-corrected chi connectivity index (χ0v) is 19.3. The summed E-state index contributed by atoms with van der Waals surface area (Å²) < 4.78 is 0. The van der Waals surface area contributed by atoms with Gasteiger partial charge in [0.1, 0.15) is 0 Å². The van der Waals surface area contributed by atoms with Gasteiger partial charge in [0.05, 0.1) is 6.42 Å². The molecule has 0 saturated heterocycles. The third kappa shape index (κ3) is 6.75. The molecular formula is C26H27N3O2S. The predicted molar refractivity (Wildman–Crippen MR) is 134 cm³/mol. The van der Waals surface area contributed by atoms with Crippen LogP contribution in [0, 0.1) is 0 Å². The Labute approximate surface area is 194 Å². The van der Waals surface area contributed by atoms with Gasteiger partial charge in [0.2, 0.25) is 5.91 Å². The lowest BCUT2D eigenvalue weighted by molar-refractivity contribution is -0.115. The highest BCUT2D eigenvalue weighted by molar-refractivity contribution is 7.80. The summed E-state index contributed by atoms with van der Waals surface area (Å²) in [7, 11) is 0. The molecule has 2 amide bonds. The predicted octanol–water partition coefficient (Wildman–Crippen LogP) is 5.29. The molecule has 3 aromatic rings. The molecule has 0 fully saturated rings. The van der Waals surface area contributed by atoms with Gasteiger partial charge in [0.15, 0.2) is 5.11 Å². The Bertz CT molecular complexity index is 1100. The second kappa shape index (κ2) is 10.2. The minimum absolute atomic E-state index is 0.0212. The van der Waals surface area contributed by atoms with Crippen LogP contribution in [0.4, 0.5) is 11.4 Å². The Morgan fingerprint density at radius 2 is 1.44 bits per heavy atom. The molecule has 6 heteroatoms. The molecule has 0 aliphatic carbocycles. The molecular weight excluding hydrogens is 418 g/mol. The largest absolute Gasteiger partial charge is 0.332 e. The van der Waals surface area contributed by atoms with Crippen molar-refractivity contribution >= 4 is 40.5 Å². The van der Waals surface area contributed by atoms with Crippen LogP contribution >= 0.6 is 12.2 Å². The van der Waals surface area contributed by atoms with Crippen LogP contribution in [0.1, 0.15) is 42.3 Å². The summed E-state index contributed by atoms with van der Waals surface area (Å²) in [6, 6.07) is 24.2. The number of amides is 2. The van der Waals surface area contributed by atoms with E-state index in [2.05, 4.69) is 36.7 Å². The van der Waals surface area contributed by atoms with Crippen molar-refractivity contribution in [2.75, 3.05) is 10.6 Å². The van der Waals surface area contributed by atoms with Crippen molar-refractivity contribution in [3.05, 3.63) is 95.6 Å². The van der Waals surface area contributed by atoms with Crippen LogP contribution in [0.15, 0.2) is 78.9 Å². The van der Waals surface area contributed by atoms with E-state index >= 15 is 0 Å². The zero-order chi connectivity index (χ0) is 23.1. The van der Waals surface area contributed by atoms with Gasteiger partial charge in [-0.3, -0.25) is 14.9 Å². The van der Waals surface area contributed by atoms with Crippen molar-refractivity contribution in [3.63, 3.8) is 0 Å². The summed E-state index contributed by atoms with van der Waals surface area (Å²) in [4.78, 5) is 24.8. The fourth-order valence-corrected chi connectivity index (χ4v) is 3.33. The standard InChI is InChI=1S/C26H27N3O2S/c1-26(2,3)20-14-12-19(13-15-20)24(31)29-25(32)28-22-11-7-10-21(17-22)27-23(30)16-18-8-5-4-6-9-18/h4-15,17H,16H2,1-3H3,(H,27,30)(H2,28,29,31,32). The number of benzene rings is 3. The molecule has 0 unspecified atom stereocenters. The molecule has 3 aromatic carbocycles. The molecule has 0 spiro atoms. The quantitative estimate of drug-likeness (QED) is 0.467. The van der Waals surface area contributed by atoms with Gasteiger partial charge in [-0.15, -0.1) is 0 Å². The fourth-order valence-electron chi connectivity index (χ4n) is 3.12. The van der Waals surface area contributed by atoms with E-state index in [9.17, 15) is 9.59 Å². The van der Waals surface area contributed by atoms with E-state index in [-0.39, 0.29) is 22.3 Å². The number of hydrogen-bond acceptors (Lipinski definition) is 3. The normalized spacial score (nSPS) is 10.8. The van der Waals surface area contributed by atoms with E-state index in [1.165, 1.54) is 0 Å². The maximum absolute atomic E-state index is 12.5. The first kappa shape index (κ1) is 23.2. The van der Waals surface area contributed by atoms with Gasteiger partial charge in [-0.05, 0) is 59.1 Å². The number of carbonyl (C=O) groups excluding carboxylic acids is 2. The molecule has 0 saturated carbocycles. The second-order valence-corrected chi connectivity index (χ2v) is 8.94. The van der Waals surface area contributed by atoms with Gasteiger partial charge in [0.25, 0.3) is 5.91 Å². The number of carbonyl (C=O) groups is 2. The Morgan fingerprint density at radius 1 is 0.812 bits per heavy atom. The van der Waals surface area contributed by atoms with Gasteiger partial charge in [-0.25, -0.2) is 0 Å². The Hall–Kier alpha value is -3.51. The first-order chi connectivity index (χ1) is 15.2. The number of anilines is 2. The minimum Gasteiger partial charge on any atom is -0.332 e. The molecule has 3 N–H and O–H groups in total. The van der Waals surface area contributed by atoms with E-state index in [1.807, 2.05) is 48.5 Å². The monoisotopic (exact) mass is 445 g/mol.